The first kappa shape index (κ1) is 23.4. The number of rotatable bonds is 11. The molecule has 0 radical (unpaired) electrons. The SMILES string of the molecule is OCCCC[C@H](Cc1cc(O)c(O)c(O)c1)[C@H](CCO)Cc1cc(O)c(O)c(O)c1. The van der Waals surface area contributed by atoms with Crippen molar-refractivity contribution in [3.05, 3.63) is 35.4 Å². The van der Waals surface area contributed by atoms with Crippen LogP contribution in [-0.2, 0) is 12.8 Å². The lowest BCUT2D eigenvalue weighted by atomic mass is 9.78. The van der Waals surface area contributed by atoms with Gasteiger partial charge in [-0.25, -0.2) is 0 Å². The third-order valence-corrected chi connectivity index (χ3v) is 5.40. The normalized spacial score (nSPS) is 13.3. The van der Waals surface area contributed by atoms with E-state index in [1.54, 1.807) is 0 Å². The average Bonchev–Trinajstić information content (AvgIpc) is 2.69. The maximum Gasteiger partial charge on any atom is 0.200 e. The molecule has 2 rings (SSSR count). The van der Waals surface area contributed by atoms with Gasteiger partial charge in [0.1, 0.15) is 0 Å². The molecule has 166 valence electrons. The Labute approximate surface area is 174 Å². The predicted molar refractivity (Wildman–Crippen MR) is 110 cm³/mol. The average molecular weight is 422 g/mol. The van der Waals surface area contributed by atoms with E-state index < -0.39 is 34.5 Å². The molecule has 2 aromatic carbocycles. The molecule has 30 heavy (non-hydrogen) atoms. The van der Waals surface area contributed by atoms with Crippen LogP contribution in [0.1, 0.15) is 36.8 Å². The number of hydrogen-bond acceptors (Lipinski definition) is 8. The zero-order chi connectivity index (χ0) is 22.3. The minimum absolute atomic E-state index is 0.0230. The Morgan fingerprint density at radius 2 is 0.933 bits per heavy atom. The van der Waals surface area contributed by atoms with Crippen LogP contribution in [0, 0.1) is 11.8 Å². The molecule has 0 unspecified atom stereocenters. The van der Waals surface area contributed by atoms with Crippen molar-refractivity contribution in [1.82, 2.24) is 0 Å². The van der Waals surface area contributed by atoms with E-state index in [0.717, 1.165) is 6.42 Å². The Bertz CT molecular complexity index is 790. The fraction of sp³-hybridized carbons (Fsp3) is 0.455. The van der Waals surface area contributed by atoms with Crippen LogP contribution in [0.25, 0.3) is 0 Å². The van der Waals surface area contributed by atoms with E-state index in [0.29, 0.717) is 43.2 Å². The Kier molecular flexibility index (Phi) is 8.44. The number of unbranched alkanes of at least 4 members (excludes halogenated alkanes) is 1. The Morgan fingerprint density at radius 1 is 0.533 bits per heavy atom. The van der Waals surface area contributed by atoms with E-state index in [2.05, 4.69) is 0 Å². The highest BCUT2D eigenvalue weighted by Gasteiger charge is 2.24. The third-order valence-electron chi connectivity index (χ3n) is 5.40. The van der Waals surface area contributed by atoms with Gasteiger partial charge in [-0.3, -0.25) is 0 Å². The van der Waals surface area contributed by atoms with Gasteiger partial charge in [-0.05, 0) is 79.3 Å². The first-order valence-corrected chi connectivity index (χ1v) is 9.96. The molecule has 0 aromatic heterocycles. The number of phenolic OH excluding ortho intramolecular Hbond substituents is 6. The monoisotopic (exact) mass is 422 g/mol. The van der Waals surface area contributed by atoms with Crippen molar-refractivity contribution in [3.63, 3.8) is 0 Å². The van der Waals surface area contributed by atoms with Gasteiger partial charge in [0.2, 0.25) is 0 Å². The van der Waals surface area contributed by atoms with Gasteiger partial charge in [-0.2, -0.15) is 0 Å². The number of aliphatic hydroxyl groups is 2. The van der Waals surface area contributed by atoms with Crippen LogP contribution in [0.2, 0.25) is 0 Å². The smallest absolute Gasteiger partial charge is 0.200 e. The number of aromatic hydroxyl groups is 6. The largest absolute Gasteiger partial charge is 0.504 e. The second-order valence-corrected chi connectivity index (χ2v) is 7.63. The lowest BCUT2D eigenvalue weighted by molar-refractivity contribution is 0.202. The van der Waals surface area contributed by atoms with Crippen molar-refractivity contribution in [3.8, 4) is 34.5 Å². The third kappa shape index (κ3) is 6.08. The molecule has 8 heteroatoms. The first-order chi connectivity index (χ1) is 14.3. The predicted octanol–water partition coefficient (Wildman–Crippen LogP) is 2.48. The van der Waals surface area contributed by atoms with Crippen molar-refractivity contribution in [2.45, 2.75) is 38.5 Å². The molecule has 0 saturated carbocycles. The van der Waals surface area contributed by atoms with Gasteiger partial charge in [-0.1, -0.05) is 6.42 Å². The van der Waals surface area contributed by atoms with Gasteiger partial charge in [0.05, 0.1) is 0 Å². The van der Waals surface area contributed by atoms with Crippen LogP contribution in [-0.4, -0.2) is 54.1 Å². The minimum Gasteiger partial charge on any atom is -0.504 e. The zero-order valence-corrected chi connectivity index (χ0v) is 16.7. The topological polar surface area (TPSA) is 162 Å². The summed E-state index contributed by atoms with van der Waals surface area (Å²) < 4.78 is 0. The molecule has 8 N–H and O–H groups in total. The molecule has 0 amide bonds. The molecule has 2 atom stereocenters. The molecule has 0 bridgehead atoms. The van der Waals surface area contributed by atoms with Crippen LogP contribution in [0.4, 0.5) is 0 Å². The molecule has 0 aliphatic carbocycles. The second kappa shape index (κ2) is 10.8. The zero-order valence-electron chi connectivity index (χ0n) is 16.7. The molecule has 0 saturated heterocycles. The highest BCUT2D eigenvalue weighted by molar-refractivity contribution is 5.52. The van der Waals surface area contributed by atoms with E-state index >= 15 is 0 Å². The van der Waals surface area contributed by atoms with Gasteiger partial charge >= 0.3 is 0 Å². The highest BCUT2D eigenvalue weighted by atomic mass is 16.3. The summed E-state index contributed by atoms with van der Waals surface area (Å²) in [5.74, 6) is -3.00. The van der Waals surface area contributed by atoms with E-state index in [-0.39, 0.29) is 25.0 Å². The molecular formula is C22H30O8. The van der Waals surface area contributed by atoms with Crippen molar-refractivity contribution >= 4 is 0 Å². The van der Waals surface area contributed by atoms with Crippen LogP contribution >= 0.6 is 0 Å². The molecule has 0 aliphatic heterocycles. The summed E-state index contributed by atoms with van der Waals surface area (Å²) in [5, 5.41) is 77.0. The standard InChI is InChI=1S/C22H30O8/c23-5-2-1-3-15(7-13-9-17(25)21(29)18(26)10-13)16(4-6-24)8-14-11-19(27)22(30)20(28)12-14/h9-12,15-16,23-30H,1-8H2/t15-,16-/m1/s1. The van der Waals surface area contributed by atoms with E-state index in [4.69, 9.17) is 5.11 Å². The van der Waals surface area contributed by atoms with Crippen LogP contribution in [0.15, 0.2) is 24.3 Å². The van der Waals surface area contributed by atoms with Gasteiger partial charge in [0.15, 0.2) is 34.5 Å². The van der Waals surface area contributed by atoms with E-state index in [1.807, 2.05) is 0 Å². The molecule has 2 aromatic rings. The van der Waals surface area contributed by atoms with Crippen LogP contribution in [0.5, 0.6) is 34.5 Å². The van der Waals surface area contributed by atoms with Crippen molar-refractivity contribution < 1.29 is 40.9 Å². The van der Waals surface area contributed by atoms with E-state index in [9.17, 15) is 35.7 Å². The Hall–Kier alpha value is -2.84. The Balaban J connectivity index is 2.30. The maximum absolute atomic E-state index is 9.81. The van der Waals surface area contributed by atoms with Crippen molar-refractivity contribution in [2.24, 2.45) is 11.8 Å². The summed E-state index contributed by atoms with van der Waals surface area (Å²) in [4.78, 5) is 0. The summed E-state index contributed by atoms with van der Waals surface area (Å²) in [6.07, 6.45) is 3.31. The number of phenols is 6. The van der Waals surface area contributed by atoms with Gasteiger partial charge in [0.25, 0.3) is 0 Å². The molecule has 0 aliphatic rings. The fourth-order valence-corrected chi connectivity index (χ4v) is 3.86. The van der Waals surface area contributed by atoms with Crippen LogP contribution < -0.4 is 0 Å². The Morgan fingerprint density at radius 3 is 1.30 bits per heavy atom. The summed E-state index contributed by atoms with van der Waals surface area (Å²) in [6.45, 7) is -0.0266. The maximum atomic E-state index is 9.81. The number of benzene rings is 2. The van der Waals surface area contributed by atoms with Gasteiger partial charge in [-0.15, -0.1) is 0 Å². The number of hydrogen-bond donors (Lipinski definition) is 8. The van der Waals surface area contributed by atoms with Crippen molar-refractivity contribution in [1.29, 1.82) is 0 Å². The summed E-state index contributed by atoms with van der Waals surface area (Å²) >= 11 is 0. The molecular weight excluding hydrogens is 392 g/mol. The molecule has 8 nitrogen and oxygen atoms in total. The molecule has 0 heterocycles. The van der Waals surface area contributed by atoms with Gasteiger partial charge < -0.3 is 40.9 Å². The minimum atomic E-state index is -0.591. The summed E-state index contributed by atoms with van der Waals surface area (Å²) in [6, 6.07) is 5.48. The van der Waals surface area contributed by atoms with E-state index in [1.165, 1.54) is 24.3 Å². The first-order valence-electron chi connectivity index (χ1n) is 9.96. The lowest BCUT2D eigenvalue weighted by Crippen LogP contribution is -2.21. The van der Waals surface area contributed by atoms with Crippen LogP contribution in [0.3, 0.4) is 0 Å². The summed E-state index contributed by atoms with van der Waals surface area (Å²) in [5.41, 5.74) is 1.20. The fourth-order valence-electron chi connectivity index (χ4n) is 3.86. The number of aliphatic hydroxyl groups excluding tert-OH is 2. The molecule has 0 fully saturated rings. The second-order valence-electron chi connectivity index (χ2n) is 7.63. The quantitative estimate of drug-likeness (QED) is 0.202. The lowest BCUT2D eigenvalue weighted by Gasteiger charge is -2.28. The molecule has 0 spiro atoms. The summed E-state index contributed by atoms with van der Waals surface area (Å²) in [7, 11) is 0. The van der Waals surface area contributed by atoms with Crippen molar-refractivity contribution in [2.75, 3.05) is 13.2 Å². The van der Waals surface area contributed by atoms with Gasteiger partial charge in [0, 0.05) is 13.2 Å². The highest BCUT2D eigenvalue weighted by Crippen LogP contribution is 2.39.